The van der Waals surface area contributed by atoms with Crippen molar-refractivity contribution in [1.82, 2.24) is 9.80 Å². The minimum Gasteiger partial charge on any atom is -0.493 e. The average molecular weight is 487 g/mol. The molecule has 0 bridgehead atoms. The summed E-state index contributed by atoms with van der Waals surface area (Å²) in [6.45, 7) is 10.7. The van der Waals surface area contributed by atoms with E-state index in [1.165, 1.54) is 11.1 Å². The van der Waals surface area contributed by atoms with Crippen LogP contribution >= 0.6 is 0 Å². The normalized spacial score (nSPS) is 19.2. The van der Waals surface area contributed by atoms with Crippen LogP contribution in [-0.4, -0.2) is 71.9 Å². The van der Waals surface area contributed by atoms with E-state index in [0.29, 0.717) is 38.7 Å². The van der Waals surface area contributed by atoms with E-state index in [4.69, 9.17) is 14.6 Å². The summed E-state index contributed by atoms with van der Waals surface area (Å²) in [5, 5.41) is 9.17. The molecule has 3 rings (SSSR count). The van der Waals surface area contributed by atoms with Crippen LogP contribution in [0.1, 0.15) is 65.4 Å². The van der Waals surface area contributed by atoms with Crippen LogP contribution in [0.5, 0.6) is 5.75 Å². The van der Waals surface area contributed by atoms with E-state index in [1.807, 2.05) is 39.8 Å². The number of carbonyl (C=O) groups excluding carboxylic acids is 2. The lowest BCUT2D eigenvalue weighted by Crippen LogP contribution is -2.42. The van der Waals surface area contributed by atoms with Gasteiger partial charge in [-0.3, -0.25) is 4.79 Å². The van der Waals surface area contributed by atoms with Crippen molar-refractivity contribution in [2.24, 2.45) is 11.8 Å². The fraction of sp³-hybridized carbons (Fsp3) is 0.643. The highest BCUT2D eigenvalue weighted by Crippen LogP contribution is 2.32. The summed E-state index contributed by atoms with van der Waals surface area (Å²) in [6, 6.07) is 8.23. The largest absolute Gasteiger partial charge is 0.493 e. The molecule has 1 saturated heterocycles. The number of carbonyl (C=O) groups is 2. The molecule has 2 aliphatic rings. The van der Waals surface area contributed by atoms with Gasteiger partial charge in [0.2, 0.25) is 5.91 Å². The van der Waals surface area contributed by atoms with Crippen molar-refractivity contribution in [1.29, 1.82) is 0 Å². The molecule has 1 aliphatic carbocycles. The minimum absolute atomic E-state index is 0.00703. The number of aliphatic hydroxyl groups excluding tert-OH is 1. The quantitative estimate of drug-likeness (QED) is 0.574. The lowest BCUT2D eigenvalue weighted by atomic mass is 9.86. The maximum absolute atomic E-state index is 12.7. The molecule has 0 spiro atoms. The molecule has 1 aromatic rings. The van der Waals surface area contributed by atoms with Crippen molar-refractivity contribution in [2.45, 2.75) is 65.4 Å². The summed E-state index contributed by atoms with van der Waals surface area (Å²) in [5.41, 5.74) is 1.99. The van der Waals surface area contributed by atoms with Crippen LogP contribution in [0.3, 0.4) is 0 Å². The Labute approximate surface area is 210 Å². The molecule has 1 aromatic carbocycles. The van der Waals surface area contributed by atoms with Crippen molar-refractivity contribution in [3.05, 3.63) is 35.9 Å². The van der Waals surface area contributed by atoms with Gasteiger partial charge in [-0.2, -0.15) is 0 Å². The predicted molar refractivity (Wildman–Crippen MR) is 137 cm³/mol. The number of hydrogen-bond donors (Lipinski definition) is 1. The first-order valence-electron chi connectivity index (χ1n) is 13.0. The Kier molecular flexibility index (Phi) is 9.61. The van der Waals surface area contributed by atoms with E-state index < -0.39 is 5.60 Å². The van der Waals surface area contributed by atoms with Crippen LogP contribution in [0.4, 0.5) is 4.79 Å². The molecule has 1 heterocycles. The van der Waals surface area contributed by atoms with Gasteiger partial charge in [0.25, 0.3) is 0 Å². The minimum atomic E-state index is -0.466. The number of nitrogens with zero attached hydrogens (tertiary/aromatic N) is 2. The van der Waals surface area contributed by atoms with Crippen LogP contribution in [0.25, 0.3) is 5.57 Å². The molecule has 7 heteroatoms. The zero-order valence-electron chi connectivity index (χ0n) is 21.8. The first-order valence-corrected chi connectivity index (χ1v) is 13.0. The number of likely N-dealkylation sites (tertiary alicyclic amines) is 1. The first-order chi connectivity index (χ1) is 16.7. The van der Waals surface area contributed by atoms with Crippen LogP contribution in [0.2, 0.25) is 0 Å². The molecule has 1 fully saturated rings. The molecular formula is C28H42N2O5. The Balaban J connectivity index is 1.44. The number of ether oxygens (including phenoxy) is 2. The molecule has 0 radical (unpaired) electrons. The molecule has 194 valence electrons. The fourth-order valence-electron chi connectivity index (χ4n) is 4.71. The van der Waals surface area contributed by atoms with Gasteiger partial charge in [0, 0.05) is 32.1 Å². The van der Waals surface area contributed by atoms with Crippen LogP contribution in [0, 0.1) is 11.8 Å². The molecular weight excluding hydrogens is 444 g/mol. The zero-order chi connectivity index (χ0) is 25.4. The summed E-state index contributed by atoms with van der Waals surface area (Å²) in [5.74, 6) is 1.44. The number of piperidine rings is 1. The lowest BCUT2D eigenvalue weighted by molar-refractivity contribution is -0.136. The maximum atomic E-state index is 12.7. The molecule has 0 saturated carbocycles. The number of benzene rings is 1. The van der Waals surface area contributed by atoms with Gasteiger partial charge in [0.15, 0.2) is 0 Å². The monoisotopic (exact) mass is 486 g/mol. The number of rotatable bonds is 8. The number of aliphatic hydroxyl groups is 1. The highest BCUT2D eigenvalue weighted by Gasteiger charge is 2.28. The van der Waals surface area contributed by atoms with Gasteiger partial charge in [-0.15, -0.1) is 0 Å². The highest BCUT2D eigenvalue weighted by atomic mass is 16.6. The van der Waals surface area contributed by atoms with E-state index >= 15 is 0 Å². The van der Waals surface area contributed by atoms with Crippen LogP contribution in [0.15, 0.2) is 30.3 Å². The number of amides is 2. The van der Waals surface area contributed by atoms with Gasteiger partial charge in [0.1, 0.15) is 11.4 Å². The summed E-state index contributed by atoms with van der Waals surface area (Å²) in [6.07, 6.45) is 6.25. The molecule has 1 aliphatic heterocycles. The van der Waals surface area contributed by atoms with Gasteiger partial charge in [-0.05, 0) is 89.0 Å². The summed E-state index contributed by atoms with van der Waals surface area (Å²) < 4.78 is 11.5. The van der Waals surface area contributed by atoms with Crippen LogP contribution in [-0.2, 0) is 9.53 Å². The van der Waals surface area contributed by atoms with Crippen LogP contribution < -0.4 is 4.74 Å². The SMILES string of the molecule is CCN(CCO)C(=O)C1CC=C(c2ccc(OCC3CCN(C(=O)OC(C)(C)C)CC3)cc2)CC1. The fourth-order valence-corrected chi connectivity index (χ4v) is 4.71. The second-order valence-corrected chi connectivity index (χ2v) is 10.6. The Hall–Kier alpha value is -2.54. The number of hydrogen-bond acceptors (Lipinski definition) is 5. The Bertz CT molecular complexity index is 866. The van der Waals surface area contributed by atoms with Gasteiger partial charge in [-0.25, -0.2) is 4.79 Å². The van der Waals surface area contributed by atoms with Gasteiger partial charge >= 0.3 is 6.09 Å². The summed E-state index contributed by atoms with van der Waals surface area (Å²) in [7, 11) is 0. The Morgan fingerprint density at radius 1 is 1.11 bits per heavy atom. The predicted octanol–water partition coefficient (Wildman–Crippen LogP) is 4.74. The Morgan fingerprint density at radius 2 is 1.80 bits per heavy atom. The smallest absolute Gasteiger partial charge is 0.410 e. The van der Waals surface area contributed by atoms with Gasteiger partial charge in [0.05, 0.1) is 13.2 Å². The maximum Gasteiger partial charge on any atom is 0.410 e. The number of likely N-dealkylation sites (N-methyl/N-ethyl adjacent to an activating group) is 1. The first kappa shape index (κ1) is 27.1. The molecule has 2 amide bonds. The van der Waals surface area contributed by atoms with E-state index in [0.717, 1.165) is 37.9 Å². The molecule has 1 atom stereocenters. The summed E-state index contributed by atoms with van der Waals surface area (Å²) in [4.78, 5) is 28.4. The molecule has 35 heavy (non-hydrogen) atoms. The van der Waals surface area contributed by atoms with E-state index in [2.05, 4.69) is 18.2 Å². The molecule has 1 unspecified atom stereocenters. The second kappa shape index (κ2) is 12.4. The van der Waals surface area contributed by atoms with E-state index in [9.17, 15) is 9.59 Å². The van der Waals surface area contributed by atoms with E-state index in [-0.39, 0.29) is 24.5 Å². The third-order valence-corrected chi connectivity index (χ3v) is 6.80. The highest BCUT2D eigenvalue weighted by molar-refractivity contribution is 5.80. The van der Waals surface area contributed by atoms with Gasteiger partial charge in [-0.1, -0.05) is 18.2 Å². The molecule has 1 N–H and O–H groups in total. The van der Waals surface area contributed by atoms with Gasteiger partial charge < -0.3 is 24.4 Å². The topological polar surface area (TPSA) is 79.3 Å². The Morgan fingerprint density at radius 3 is 2.34 bits per heavy atom. The van der Waals surface area contributed by atoms with Crippen molar-refractivity contribution in [3.8, 4) is 5.75 Å². The van der Waals surface area contributed by atoms with Crippen molar-refractivity contribution < 1.29 is 24.2 Å². The molecule has 7 nitrogen and oxygen atoms in total. The van der Waals surface area contributed by atoms with Crippen molar-refractivity contribution >= 4 is 17.6 Å². The number of allylic oxidation sites excluding steroid dienone is 2. The summed E-state index contributed by atoms with van der Waals surface area (Å²) >= 11 is 0. The van der Waals surface area contributed by atoms with Crippen molar-refractivity contribution in [2.75, 3.05) is 39.4 Å². The zero-order valence-corrected chi connectivity index (χ0v) is 21.8. The molecule has 0 aromatic heterocycles. The van der Waals surface area contributed by atoms with E-state index in [1.54, 1.807) is 9.80 Å². The standard InChI is InChI=1S/C28H42N2O5/c1-5-29(18-19-31)26(32)24-8-6-22(7-9-24)23-10-12-25(13-11-23)34-20-21-14-16-30(17-15-21)27(33)35-28(2,3)4/h6,10-13,21,24,31H,5,7-9,14-20H2,1-4H3. The van der Waals surface area contributed by atoms with Crippen molar-refractivity contribution in [3.63, 3.8) is 0 Å². The third-order valence-electron chi connectivity index (χ3n) is 6.80. The second-order valence-electron chi connectivity index (χ2n) is 10.6. The average Bonchev–Trinajstić information content (AvgIpc) is 2.85. The lowest BCUT2D eigenvalue weighted by Gasteiger charge is -2.33. The third kappa shape index (κ3) is 7.99.